The molecule has 11 nitrogen and oxygen atoms in total. The summed E-state index contributed by atoms with van der Waals surface area (Å²) in [6, 6.07) is 22.0. The Morgan fingerprint density at radius 2 is 1.80 bits per heavy atom. The number of nitrogens with one attached hydrogen (secondary N) is 1. The Kier molecular flexibility index (Phi) is 13.3. The summed E-state index contributed by atoms with van der Waals surface area (Å²) in [7, 11) is 0. The molecule has 13 heteroatoms. The number of carbonyl (C=O) groups excluding carboxylic acids is 2. The maximum atomic E-state index is 12.6. The van der Waals surface area contributed by atoms with Gasteiger partial charge in [0.15, 0.2) is 0 Å². The van der Waals surface area contributed by atoms with E-state index in [2.05, 4.69) is 63.5 Å². The van der Waals surface area contributed by atoms with Gasteiger partial charge in [-0.25, -0.2) is 0 Å². The normalized spacial score (nSPS) is 16.9. The van der Waals surface area contributed by atoms with Crippen molar-refractivity contribution in [3.63, 3.8) is 0 Å². The molecule has 3 aliphatic rings. The number of ether oxygens (including phenoxy) is 1. The van der Waals surface area contributed by atoms with Crippen LogP contribution in [0.3, 0.4) is 0 Å². The van der Waals surface area contributed by atoms with Gasteiger partial charge in [0.25, 0.3) is 5.91 Å². The summed E-state index contributed by atoms with van der Waals surface area (Å²) in [6.45, 7) is 12.0. The molecule has 3 aliphatic heterocycles. The van der Waals surface area contributed by atoms with Crippen LogP contribution in [0.25, 0.3) is 10.8 Å². The average Bonchev–Trinajstić information content (AvgIpc) is 3.65. The standard InChI is InChI=1S/C39H44ClN7O3S.C2H3N/c1-2-35(48)45-21-23-46(24-22-45)37-29-16-20-47(33-14-6-10-27-9-5-13-31(40)36(27)33)25-32(29)42-39(43-37)50-26-28-11-7-18-44(28)19-8-17-41-38(49)30-12-3-4-15-34(30)51;1-2-3/h2-6,9-10,12-15,28,51H,1,7-8,11,16-26H2,(H,41,49);1H3. The summed E-state index contributed by atoms with van der Waals surface area (Å²) in [5.74, 6) is 0.760. The van der Waals surface area contributed by atoms with Crippen molar-refractivity contribution in [2.24, 2.45) is 0 Å². The first kappa shape index (κ1) is 38.9. The Morgan fingerprint density at radius 1 is 1.04 bits per heavy atom. The summed E-state index contributed by atoms with van der Waals surface area (Å²) in [5.41, 5.74) is 3.78. The number of halogens is 1. The number of carbonyl (C=O) groups is 2. The van der Waals surface area contributed by atoms with Gasteiger partial charge in [-0.2, -0.15) is 15.2 Å². The number of fused-ring (bicyclic) bond motifs is 2. The minimum absolute atomic E-state index is 0.0423. The predicted octanol–water partition coefficient (Wildman–Crippen LogP) is 6.16. The lowest BCUT2D eigenvalue weighted by Gasteiger charge is -2.38. The summed E-state index contributed by atoms with van der Waals surface area (Å²) in [6.07, 6.45) is 5.13. The third-order valence-electron chi connectivity index (χ3n) is 10.2. The van der Waals surface area contributed by atoms with E-state index in [1.165, 1.54) is 13.0 Å². The molecule has 0 spiro atoms. The lowest BCUT2D eigenvalue weighted by molar-refractivity contribution is -0.126. The predicted molar refractivity (Wildman–Crippen MR) is 217 cm³/mol. The lowest BCUT2D eigenvalue weighted by Crippen LogP contribution is -2.49. The third kappa shape index (κ3) is 9.09. The van der Waals surface area contributed by atoms with Crippen molar-refractivity contribution in [1.82, 2.24) is 25.1 Å². The van der Waals surface area contributed by atoms with Gasteiger partial charge in [0.1, 0.15) is 12.4 Å². The number of rotatable bonds is 11. The highest BCUT2D eigenvalue weighted by atomic mass is 35.5. The van der Waals surface area contributed by atoms with Crippen LogP contribution >= 0.6 is 24.2 Å². The number of piperazine rings is 1. The summed E-state index contributed by atoms with van der Waals surface area (Å²) in [4.78, 5) is 44.6. The molecule has 3 aromatic carbocycles. The second-order valence-electron chi connectivity index (χ2n) is 13.6. The number of likely N-dealkylation sites (tertiary alicyclic amines) is 1. The van der Waals surface area contributed by atoms with Crippen molar-refractivity contribution < 1.29 is 14.3 Å². The fourth-order valence-electron chi connectivity index (χ4n) is 7.52. The second kappa shape index (κ2) is 18.5. The Hall–Kier alpha value is -4.83. The van der Waals surface area contributed by atoms with Gasteiger partial charge < -0.3 is 24.8 Å². The van der Waals surface area contributed by atoms with E-state index < -0.39 is 0 Å². The van der Waals surface area contributed by atoms with E-state index in [-0.39, 0.29) is 17.9 Å². The zero-order valence-corrected chi connectivity index (χ0v) is 32.4. The highest BCUT2D eigenvalue weighted by Crippen LogP contribution is 2.37. The van der Waals surface area contributed by atoms with Crippen LogP contribution in [-0.4, -0.2) is 96.6 Å². The molecule has 0 radical (unpaired) electrons. The fourth-order valence-corrected chi connectivity index (χ4v) is 8.06. The van der Waals surface area contributed by atoms with Crippen molar-refractivity contribution in [3.8, 4) is 12.1 Å². The van der Waals surface area contributed by atoms with Crippen LogP contribution in [0.5, 0.6) is 6.01 Å². The molecule has 1 unspecified atom stereocenters. The van der Waals surface area contributed by atoms with Gasteiger partial charge in [-0.05, 0) is 68.0 Å². The van der Waals surface area contributed by atoms with Crippen LogP contribution in [0.4, 0.5) is 11.5 Å². The molecular formula is C41H47ClN8O3S. The molecule has 282 valence electrons. The van der Waals surface area contributed by atoms with E-state index in [0.29, 0.717) is 62.3 Å². The number of aromatic nitrogens is 2. The Balaban J connectivity index is 0.00000160. The maximum Gasteiger partial charge on any atom is 0.318 e. The van der Waals surface area contributed by atoms with Crippen LogP contribution in [0.2, 0.25) is 5.02 Å². The van der Waals surface area contributed by atoms with Gasteiger partial charge in [0.05, 0.1) is 28.9 Å². The molecule has 1 aromatic heterocycles. The lowest BCUT2D eigenvalue weighted by atomic mass is 10.0. The Morgan fingerprint density at radius 3 is 2.56 bits per heavy atom. The van der Waals surface area contributed by atoms with Crippen LogP contribution < -0.4 is 19.9 Å². The minimum atomic E-state index is -0.0990. The maximum absolute atomic E-state index is 12.6. The highest BCUT2D eigenvalue weighted by molar-refractivity contribution is 7.80. The topological polar surface area (TPSA) is 118 Å². The van der Waals surface area contributed by atoms with Crippen LogP contribution in [0.1, 0.15) is 47.8 Å². The van der Waals surface area contributed by atoms with E-state index in [4.69, 9.17) is 31.6 Å². The summed E-state index contributed by atoms with van der Waals surface area (Å²) in [5, 5.41) is 13.2. The number of benzene rings is 3. The van der Waals surface area contributed by atoms with Gasteiger partial charge in [-0.15, -0.1) is 12.6 Å². The first-order valence-corrected chi connectivity index (χ1v) is 19.4. The molecule has 4 heterocycles. The van der Waals surface area contributed by atoms with E-state index in [1.54, 1.807) is 12.1 Å². The third-order valence-corrected chi connectivity index (χ3v) is 10.9. The van der Waals surface area contributed by atoms with Gasteiger partial charge in [0.2, 0.25) is 5.91 Å². The van der Waals surface area contributed by atoms with Crippen LogP contribution in [-0.2, 0) is 17.8 Å². The molecule has 2 saturated heterocycles. The second-order valence-corrected chi connectivity index (χ2v) is 14.4. The van der Waals surface area contributed by atoms with Crippen molar-refractivity contribution in [1.29, 1.82) is 5.26 Å². The number of nitriles is 1. The zero-order valence-electron chi connectivity index (χ0n) is 30.7. The van der Waals surface area contributed by atoms with Crippen molar-refractivity contribution in [2.75, 3.05) is 68.8 Å². The Labute approximate surface area is 328 Å². The summed E-state index contributed by atoms with van der Waals surface area (Å²) < 4.78 is 6.45. The van der Waals surface area contributed by atoms with E-state index in [9.17, 15) is 9.59 Å². The van der Waals surface area contributed by atoms with Crippen molar-refractivity contribution in [3.05, 3.63) is 95.2 Å². The number of hydrogen-bond acceptors (Lipinski definition) is 10. The van der Waals surface area contributed by atoms with E-state index in [1.807, 2.05) is 35.2 Å². The van der Waals surface area contributed by atoms with Crippen LogP contribution in [0, 0.1) is 11.3 Å². The molecule has 0 saturated carbocycles. The number of hydrogen-bond donors (Lipinski definition) is 2. The molecule has 2 fully saturated rings. The van der Waals surface area contributed by atoms with Gasteiger partial charge in [-0.3, -0.25) is 14.5 Å². The smallest absolute Gasteiger partial charge is 0.318 e. The SMILES string of the molecule is C=CC(=O)N1CCN(c2nc(OCC3CCCN3CCCNC(=O)c3ccccc3S)nc3c2CCN(c2cccc4cccc(Cl)c24)C3)CC1.CC#N. The molecule has 0 bridgehead atoms. The molecule has 2 amide bonds. The number of anilines is 2. The zero-order chi connectivity index (χ0) is 38.0. The van der Waals surface area contributed by atoms with E-state index >= 15 is 0 Å². The van der Waals surface area contributed by atoms with Gasteiger partial charge in [-0.1, -0.05) is 54.6 Å². The average molecular weight is 767 g/mol. The monoisotopic (exact) mass is 766 g/mol. The largest absolute Gasteiger partial charge is 0.462 e. The Bertz CT molecular complexity index is 2010. The molecule has 54 heavy (non-hydrogen) atoms. The molecule has 0 aliphatic carbocycles. The number of thiol groups is 1. The minimum Gasteiger partial charge on any atom is -0.462 e. The fraction of sp³-hybridized carbons (Fsp3) is 0.390. The van der Waals surface area contributed by atoms with Crippen molar-refractivity contribution in [2.45, 2.75) is 50.1 Å². The number of amides is 2. The van der Waals surface area contributed by atoms with E-state index in [0.717, 1.165) is 83.9 Å². The van der Waals surface area contributed by atoms with Crippen LogP contribution in [0.15, 0.2) is 78.2 Å². The highest BCUT2D eigenvalue weighted by Gasteiger charge is 2.30. The van der Waals surface area contributed by atoms with Gasteiger partial charge in [0, 0.05) is 80.3 Å². The quantitative estimate of drug-likeness (QED) is 0.105. The molecular weight excluding hydrogens is 720 g/mol. The molecule has 1 atom stereocenters. The van der Waals surface area contributed by atoms with Gasteiger partial charge >= 0.3 is 6.01 Å². The first-order chi connectivity index (χ1) is 26.3. The molecule has 7 rings (SSSR count). The van der Waals surface area contributed by atoms with Crippen molar-refractivity contribution >= 4 is 58.3 Å². The molecule has 1 N–H and O–H groups in total. The molecule has 4 aromatic rings. The summed E-state index contributed by atoms with van der Waals surface area (Å²) >= 11 is 11.2. The number of nitrogens with zero attached hydrogens (tertiary/aromatic N) is 7. The first-order valence-electron chi connectivity index (χ1n) is 18.5.